The SMILES string of the molecule is CCC1(CC)C(=N)NC(=O)N1CC(C)C. The molecule has 1 heterocycles. The van der Waals surface area contributed by atoms with Crippen LogP contribution < -0.4 is 5.32 Å². The van der Waals surface area contributed by atoms with E-state index in [9.17, 15) is 4.79 Å². The summed E-state index contributed by atoms with van der Waals surface area (Å²) in [7, 11) is 0. The van der Waals surface area contributed by atoms with Crippen LogP contribution in [0.5, 0.6) is 0 Å². The molecule has 2 amide bonds. The Bertz CT molecular complexity index is 269. The number of nitrogens with one attached hydrogen (secondary N) is 2. The standard InChI is InChI=1S/C11H21N3O/c1-5-11(6-2)9(12)13-10(15)14(11)7-8(3)4/h8H,5-7H2,1-4H3,(H2,12,13,15). The molecule has 15 heavy (non-hydrogen) atoms. The molecule has 0 saturated carbocycles. The largest absolute Gasteiger partial charge is 0.323 e. The molecule has 2 N–H and O–H groups in total. The van der Waals surface area contributed by atoms with Crippen LogP contribution in [0.4, 0.5) is 4.79 Å². The predicted octanol–water partition coefficient (Wildman–Crippen LogP) is 2.20. The summed E-state index contributed by atoms with van der Waals surface area (Å²) in [5.74, 6) is 0.789. The number of amidine groups is 1. The van der Waals surface area contributed by atoms with Gasteiger partial charge >= 0.3 is 6.03 Å². The third kappa shape index (κ3) is 1.85. The first kappa shape index (κ1) is 12.0. The Kier molecular flexibility index (Phi) is 3.37. The molecule has 1 fully saturated rings. The normalized spacial score (nSPS) is 19.9. The molecule has 86 valence electrons. The highest BCUT2D eigenvalue weighted by atomic mass is 16.2. The average molecular weight is 211 g/mol. The molecule has 4 heteroatoms. The van der Waals surface area contributed by atoms with Crippen molar-refractivity contribution >= 4 is 11.9 Å². The summed E-state index contributed by atoms with van der Waals surface area (Å²) in [4.78, 5) is 13.5. The van der Waals surface area contributed by atoms with Crippen molar-refractivity contribution in [2.24, 2.45) is 5.92 Å². The maximum absolute atomic E-state index is 11.7. The highest BCUT2D eigenvalue weighted by Crippen LogP contribution is 2.29. The summed E-state index contributed by atoms with van der Waals surface area (Å²) in [6.07, 6.45) is 1.60. The molecule has 1 aliphatic heterocycles. The third-order valence-corrected chi connectivity index (χ3v) is 3.18. The van der Waals surface area contributed by atoms with Crippen LogP contribution >= 0.6 is 0 Å². The number of carbonyl (C=O) groups is 1. The van der Waals surface area contributed by atoms with Crippen molar-refractivity contribution in [3.8, 4) is 0 Å². The highest BCUT2D eigenvalue weighted by molar-refractivity contribution is 6.08. The van der Waals surface area contributed by atoms with E-state index in [0.717, 1.165) is 19.4 Å². The molecule has 1 rings (SSSR count). The summed E-state index contributed by atoms with van der Waals surface area (Å²) in [5, 5.41) is 10.5. The molecular weight excluding hydrogens is 190 g/mol. The Morgan fingerprint density at radius 1 is 1.40 bits per heavy atom. The average Bonchev–Trinajstić information content (AvgIpc) is 2.39. The molecule has 0 aromatic heterocycles. The fourth-order valence-electron chi connectivity index (χ4n) is 2.23. The minimum Gasteiger partial charge on any atom is -0.311 e. The second-order valence-corrected chi connectivity index (χ2v) is 4.55. The van der Waals surface area contributed by atoms with Gasteiger partial charge in [0.15, 0.2) is 0 Å². The van der Waals surface area contributed by atoms with E-state index in [2.05, 4.69) is 19.2 Å². The van der Waals surface area contributed by atoms with Crippen molar-refractivity contribution in [1.82, 2.24) is 10.2 Å². The Morgan fingerprint density at radius 3 is 2.33 bits per heavy atom. The first-order valence-corrected chi connectivity index (χ1v) is 5.65. The Morgan fingerprint density at radius 2 is 1.93 bits per heavy atom. The van der Waals surface area contributed by atoms with Crippen LogP contribution in [-0.4, -0.2) is 28.9 Å². The van der Waals surface area contributed by atoms with Crippen molar-refractivity contribution in [3.05, 3.63) is 0 Å². The number of hydrogen-bond donors (Lipinski definition) is 2. The molecule has 0 bridgehead atoms. The van der Waals surface area contributed by atoms with E-state index in [4.69, 9.17) is 5.41 Å². The molecular formula is C11H21N3O. The van der Waals surface area contributed by atoms with Gasteiger partial charge in [0.25, 0.3) is 0 Å². The molecule has 4 nitrogen and oxygen atoms in total. The van der Waals surface area contributed by atoms with Gasteiger partial charge in [0.05, 0.1) is 0 Å². The van der Waals surface area contributed by atoms with E-state index in [1.807, 2.05) is 18.7 Å². The van der Waals surface area contributed by atoms with Gasteiger partial charge in [0.1, 0.15) is 11.4 Å². The monoisotopic (exact) mass is 211 g/mol. The second-order valence-electron chi connectivity index (χ2n) is 4.55. The van der Waals surface area contributed by atoms with Crippen LogP contribution in [-0.2, 0) is 0 Å². The molecule has 0 aromatic carbocycles. The van der Waals surface area contributed by atoms with Crippen LogP contribution in [0.3, 0.4) is 0 Å². The summed E-state index contributed by atoms with van der Waals surface area (Å²) >= 11 is 0. The minimum absolute atomic E-state index is 0.114. The van der Waals surface area contributed by atoms with Crippen LogP contribution in [0.1, 0.15) is 40.5 Å². The molecule has 0 unspecified atom stereocenters. The number of amides is 2. The highest BCUT2D eigenvalue weighted by Gasteiger charge is 2.47. The van der Waals surface area contributed by atoms with E-state index in [1.165, 1.54) is 0 Å². The fraction of sp³-hybridized carbons (Fsp3) is 0.818. The predicted molar refractivity (Wildman–Crippen MR) is 61.1 cm³/mol. The number of urea groups is 1. The molecule has 0 spiro atoms. The fourth-order valence-corrected chi connectivity index (χ4v) is 2.23. The van der Waals surface area contributed by atoms with Gasteiger partial charge in [0, 0.05) is 6.54 Å². The van der Waals surface area contributed by atoms with E-state index >= 15 is 0 Å². The van der Waals surface area contributed by atoms with Crippen molar-refractivity contribution in [3.63, 3.8) is 0 Å². The number of hydrogen-bond acceptors (Lipinski definition) is 2. The van der Waals surface area contributed by atoms with Crippen molar-refractivity contribution in [2.45, 2.75) is 46.1 Å². The van der Waals surface area contributed by atoms with Crippen molar-refractivity contribution < 1.29 is 4.79 Å². The maximum Gasteiger partial charge on any atom is 0.323 e. The Balaban J connectivity index is 2.98. The summed E-state index contributed by atoms with van der Waals surface area (Å²) in [6.45, 7) is 8.96. The van der Waals surface area contributed by atoms with E-state index in [1.54, 1.807) is 0 Å². The summed E-state index contributed by atoms with van der Waals surface area (Å²) in [6, 6.07) is -0.114. The zero-order chi connectivity index (χ0) is 11.6. The summed E-state index contributed by atoms with van der Waals surface area (Å²) in [5.41, 5.74) is -0.388. The van der Waals surface area contributed by atoms with Crippen LogP contribution in [0.25, 0.3) is 0 Å². The van der Waals surface area contributed by atoms with Crippen molar-refractivity contribution in [1.29, 1.82) is 5.41 Å². The van der Waals surface area contributed by atoms with E-state index in [0.29, 0.717) is 11.8 Å². The smallest absolute Gasteiger partial charge is 0.311 e. The lowest BCUT2D eigenvalue weighted by molar-refractivity contribution is 0.156. The minimum atomic E-state index is -0.388. The maximum atomic E-state index is 11.7. The number of rotatable bonds is 4. The van der Waals surface area contributed by atoms with Crippen LogP contribution in [0, 0.1) is 11.3 Å². The van der Waals surface area contributed by atoms with E-state index in [-0.39, 0.29) is 11.6 Å². The molecule has 0 atom stereocenters. The quantitative estimate of drug-likeness (QED) is 0.736. The van der Waals surface area contributed by atoms with E-state index < -0.39 is 0 Å². The second kappa shape index (κ2) is 4.21. The lowest BCUT2D eigenvalue weighted by Crippen LogP contribution is -2.49. The number of carbonyl (C=O) groups excluding carboxylic acids is 1. The lowest BCUT2D eigenvalue weighted by Gasteiger charge is -2.36. The molecule has 0 radical (unpaired) electrons. The van der Waals surface area contributed by atoms with Crippen LogP contribution in [0.2, 0.25) is 0 Å². The summed E-state index contributed by atoms with van der Waals surface area (Å²) < 4.78 is 0. The first-order valence-electron chi connectivity index (χ1n) is 5.65. The Hall–Kier alpha value is -1.06. The molecule has 1 aliphatic rings. The van der Waals surface area contributed by atoms with Gasteiger partial charge in [-0.3, -0.25) is 10.7 Å². The molecule has 0 aromatic rings. The van der Waals surface area contributed by atoms with Gasteiger partial charge in [-0.05, 0) is 18.8 Å². The zero-order valence-corrected chi connectivity index (χ0v) is 10.1. The molecule has 0 aliphatic carbocycles. The van der Waals surface area contributed by atoms with Gasteiger partial charge in [-0.2, -0.15) is 0 Å². The van der Waals surface area contributed by atoms with Gasteiger partial charge in [-0.25, -0.2) is 4.79 Å². The topological polar surface area (TPSA) is 56.2 Å². The van der Waals surface area contributed by atoms with Gasteiger partial charge < -0.3 is 4.90 Å². The first-order chi connectivity index (χ1) is 6.97. The van der Waals surface area contributed by atoms with Gasteiger partial charge in [-0.15, -0.1) is 0 Å². The van der Waals surface area contributed by atoms with Gasteiger partial charge in [0.2, 0.25) is 0 Å². The Labute approximate surface area is 91.5 Å². The van der Waals surface area contributed by atoms with Gasteiger partial charge in [-0.1, -0.05) is 27.7 Å². The zero-order valence-electron chi connectivity index (χ0n) is 10.1. The lowest BCUT2D eigenvalue weighted by atomic mass is 9.90. The third-order valence-electron chi connectivity index (χ3n) is 3.18. The van der Waals surface area contributed by atoms with Crippen molar-refractivity contribution in [2.75, 3.05) is 6.54 Å². The van der Waals surface area contributed by atoms with Crippen LogP contribution in [0.15, 0.2) is 0 Å². The number of nitrogens with zero attached hydrogens (tertiary/aromatic N) is 1. The molecule has 1 saturated heterocycles.